The first-order valence-electron chi connectivity index (χ1n) is 7.95. The highest BCUT2D eigenvalue weighted by atomic mass is 16.7. The Hall–Kier alpha value is -3.50. The first-order chi connectivity index (χ1) is 13.0. The van der Waals surface area contributed by atoms with E-state index in [4.69, 9.17) is 15.2 Å². The lowest BCUT2D eigenvalue weighted by molar-refractivity contribution is -0.133. The number of benzene rings is 1. The minimum absolute atomic E-state index is 0.0574. The summed E-state index contributed by atoms with van der Waals surface area (Å²) in [6, 6.07) is 7.53. The van der Waals surface area contributed by atoms with Crippen LogP contribution in [0.3, 0.4) is 0 Å². The number of amides is 3. The van der Waals surface area contributed by atoms with E-state index in [1.165, 1.54) is 0 Å². The smallest absolute Gasteiger partial charge is 0.446 e. The summed E-state index contributed by atoms with van der Waals surface area (Å²) in [7, 11) is 0. The Labute approximate surface area is 154 Å². The first-order valence-corrected chi connectivity index (χ1v) is 7.95. The van der Waals surface area contributed by atoms with Gasteiger partial charge >= 0.3 is 18.3 Å². The average Bonchev–Trinajstić information content (AvgIpc) is 2.65. The predicted octanol–water partition coefficient (Wildman–Crippen LogP) is 0.0283. The molecule has 4 N–H and O–H groups in total. The minimum atomic E-state index is -1.02. The van der Waals surface area contributed by atoms with Crippen molar-refractivity contribution in [1.82, 2.24) is 10.6 Å². The Kier molecular flexibility index (Phi) is 7.23. The maximum absolute atomic E-state index is 11.8. The number of primary amides is 1. The highest BCUT2D eigenvalue weighted by molar-refractivity contribution is 5.92. The number of β-lactam (4-membered cyclic amide) rings is 1. The highest BCUT2D eigenvalue weighted by Crippen LogP contribution is 2.08. The zero-order valence-corrected chi connectivity index (χ0v) is 14.2. The molecule has 11 nitrogen and oxygen atoms in total. The largest absolute Gasteiger partial charge is 0.508 e. The van der Waals surface area contributed by atoms with Crippen molar-refractivity contribution in [2.75, 3.05) is 19.8 Å². The normalized spacial score (nSPS) is 17.7. The van der Waals surface area contributed by atoms with Crippen LogP contribution in [0.25, 0.3) is 0 Å². The van der Waals surface area contributed by atoms with Crippen molar-refractivity contribution in [3.05, 3.63) is 35.9 Å². The van der Waals surface area contributed by atoms with E-state index in [1.807, 2.05) is 18.2 Å². The van der Waals surface area contributed by atoms with E-state index in [-0.39, 0.29) is 26.4 Å². The SMILES string of the molecule is NC(=O)OCCOC(=O)OCC1NC(=O)C1NC(=O)OCc1ccccc1. The van der Waals surface area contributed by atoms with Crippen LogP contribution in [0, 0.1) is 0 Å². The van der Waals surface area contributed by atoms with Crippen LogP contribution in [0.15, 0.2) is 30.3 Å². The molecule has 146 valence electrons. The number of rotatable bonds is 8. The number of hydrogen-bond donors (Lipinski definition) is 3. The van der Waals surface area contributed by atoms with Crippen LogP contribution in [-0.4, -0.2) is 56.2 Å². The fourth-order valence-electron chi connectivity index (χ4n) is 2.10. The standard InChI is InChI=1S/C16H19N3O8/c17-14(21)24-6-7-25-16(23)27-9-11-12(13(20)18-11)19-15(22)26-8-10-4-2-1-3-5-10/h1-5,11-12H,6-9H2,(H2,17,21)(H,18,20)(H,19,22). The molecule has 0 aromatic heterocycles. The third kappa shape index (κ3) is 6.72. The van der Waals surface area contributed by atoms with Gasteiger partial charge in [0.05, 0.1) is 6.04 Å². The van der Waals surface area contributed by atoms with E-state index < -0.39 is 36.3 Å². The second-order valence-electron chi connectivity index (χ2n) is 5.38. The summed E-state index contributed by atoms with van der Waals surface area (Å²) in [5, 5.41) is 4.88. The van der Waals surface area contributed by atoms with Gasteiger partial charge in [-0.1, -0.05) is 30.3 Å². The van der Waals surface area contributed by atoms with Gasteiger partial charge in [0, 0.05) is 0 Å². The summed E-state index contributed by atoms with van der Waals surface area (Å²) >= 11 is 0. The summed E-state index contributed by atoms with van der Waals surface area (Å²) < 4.78 is 18.8. The molecule has 1 aromatic rings. The molecule has 0 spiro atoms. The van der Waals surface area contributed by atoms with Gasteiger partial charge in [-0.3, -0.25) is 4.79 Å². The third-order valence-corrected chi connectivity index (χ3v) is 3.43. The molecule has 0 saturated carbocycles. The van der Waals surface area contributed by atoms with Gasteiger partial charge in [-0.15, -0.1) is 0 Å². The fourth-order valence-corrected chi connectivity index (χ4v) is 2.10. The molecular formula is C16H19N3O8. The molecule has 0 bridgehead atoms. The highest BCUT2D eigenvalue weighted by Gasteiger charge is 2.41. The topological polar surface area (TPSA) is 155 Å². The summed E-state index contributed by atoms with van der Waals surface area (Å²) in [6.45, 7) is -0.596. The molecule has 27 heavy (non-hydrogen) atoms. The maximum atomic E-state index is 11.8. The molecule has 1 aliphatic heterocycles. The molecule has 0 aliphatic carbocycles. The Morgan fingerprint density at radius 2 is 1.74 bits per heavy atom. The van der Waals surface area contributed by atoms with Crippen molar-refractivity contribution in [1.29, 1.82) is 0 Å². The molecule has 2 unspecified atom stereocenters. The lowest BCUT2D eigenvalue weighted by atomic mass is 10.0. The predicted molar refractivity (Wildman–Crippen MR) is 88.3 cm³/mol. The van der Waals surface area contributed by atoms with E-state index >= 15 is 0 Å². The van der Waals surface area contributed by atoms with Gasteiger partial charge in [-0.25, -0.2) is 14.4 Å². The van der Waals surface area contributed by atoms with E-state index in [0.29, 0.717) is 0 Å². The Bertz CT molecular complexity index is 682. The van der Waals surface area contributed by atoms with Crippen molar-refractivity contribution in [3.8, 4) is 0 Å². The molecule has 1 heterocycles. The molecule has 2 rings (SSSR count). The summed E-state index contributed by atoms with van der Waals surface area (Å²) in [5.41, 5.74) is 5.54. The number of hydrogen-bond acceptors (Lipinski definition) is 8. The maximum Gasteiger partial charge on any atom is 0.508 e. The molecule has 0 radical (unpaired) electrons. The first kappa shape index (κ1) is 19.8. The van der Waals surface area contributed by atoms with Gasteiger partial charge in [-0.2, -0.15) is 0 Å². The van der Waals surface area contributed by atoms with Crippen molar-refractivity contribution >= 4 is 24.2 Å². The number of carbonyl (C=O) groups is 4. The average molecular weight is 381 g/mol. The molecule has 2 atom stereocenters. The Morgan fingerprint density at radius 1 is 1.04 bits per heavy atom. The van der Waals surface area contributed by atoms with Crippen molar-refractivity contribution in [2.24, 2.45) is 5.73 Å². The quantitative estimate of drug-likeness (QED) is 0.246. The van der Waals surface area contributed by atoms with Crippen LogP contribution in [-0.2, 0) is 30.3 Å². The lowest BCUT2D eigenvalue weighted by Gasteiger charge is -2.35. The van der Waals surface area contributed by atoms with Gasteiger partial charge < -0.3 is 35.3 Å². The zero-order chi connectivity index (χ0) is 19.6. The number of carbonyl (C=O) groups excluding carboxylic acids is 4. The van der Waals surface area contributed by atoms with E-state index in [0.717, 1.165) is 5.56 Å². The second kappa shape index (κ2) is 9.85. The molecule has 1 aromatic carbocycles. The second-order valence-corrected chi connectivity index (χ2v) is 5.38. The lowest BCUT2D eigenvalue weighted by Crippen LogP contribution is -2.70. The zero-order valence-electron chi connectivity index (χ0n) is 14.2. The molecule has 1 fully saturated rings. The van der Waals surface area contributed by atoms with E-state index in [9.17, 15) is 19.2 Å². The summed E-state index contributed by atoms with van der Waals surface area (Å²) in [4.78, 5) is 45.0. The van der Waals surface area contributed by atoms with Gasteiger partial charge in [0.15, 0.2) is 0 Å². The number of alkyl carbamates (subject to hydrolysis) is 1. The Balaban J connectivity index is 1.65. The fraction of sp³-hybridized carbons (Fsp3) is 0.375. The monoisotopic (exact) mass is 381 g/mol. The minimum Gasteiger partial charge on any atom is -0.446 e. The number of nitrogens with one attached hydrogen (secondary N) is 2. The molecule has 11 heteroatoms. The van der Waals surface area contributed by atoms with Gasteiger partial charge in [0.2, 0.25) is 5.91 Å². The van der Waals surface area contributed by atoms with Crippen molar-refractivity contribution in [2.45, 2.75) is 18.7 Å². The molecule has 1 saturated heterocycles. The third-order valence-electron chi connectivity index (χ3n) is 3.43. The van der Waals surface area contributed by atoms with E-state index in [2.05, 4.69) is 20.1 Å². The van der Waals surface area contributed by atoms with E-state index in [1.54, 1.807) is 12.1 Å². The number of ether oxygens (including phenoxy) is 4. The van der Waals surface area contributed by atoms with Crippen LogP contribution < -0.4 is 16.4 Å². The van der Waals surface area contributed by atoms with Crippen LogP contribution >= 0.6 is 0 Å². The molecule has 1 aliphatic rings. The Morgan fingerprint density at radius 3 is 2.41 bits per heavy atom. The van der Waals surface area contributed by atoms with Crippen molar-refractivity contribution in [3.63, 3.8) is 0 Å². The van der Waals surface area contributed by atoms with Crippen molar-refractivity contribution < 1.29 is 38.1 Å². The van der Waals surface area contributed by atoms with Crippen LogP contribution in [0.2, 0.25) is 0 Å². The summed E-state index contributed by atoms with van der Waals surface area (Å²) in [5.74, 6) is -0.427. The number of nitrogens with two attached hydrogens (primary N) is 1. The van der Waals surface area contributed by atoms with Crippen LogP contribution in [0.5, 0.6) is 0 Å². The molecular weight excluding hydrogens is 362 g/mol. The molecule has 3 amide bonds. The van der Waals surface area contributed by atoms with Gasteiger partial charge in [0.25, 0.3) is 0 Å². The summed E-state index contributed by atoms with van der Waals surface area (Å²) in [6.07, 6.45) is -2.78. The van der Waals surface area contributed by atoms with Crippen LogP contribution in [0.1, 0.15) is 5.56 Å². The van der Waals surface area contributed by atoms with Gasteiger partial charge in [0.1, 0.15) is 32.5 Å². The van der Waals surface area contributed by atoms with Gasteiger partial charge in [-0.05, 0) is 5.56 Å². The van der Waals surface area contributed by atoms with Crippen LogP contribution in [0.4, 0.5) is 14.4 Å².